The van der Waals surface area contributed by atoms with Crippen molar-refractivity contribution in [2.24, 2.45) is 16.0 Å². The quantitative estimate of drug-likeness (QED) is 0.550. The summed E-state index contributed by atoms with van der Waals surface area (Å²) >= 11 is 1.33. The van der Waals surface area contributed by atoms with Crippen LogP contribution < -0.4 is 0 Å². The monoisotopic (exact) mass is 436 g/mol. The van der Waals surface area contributed by atoms with E-state index in [0.717, 1.165) is 17.0 Å². The Kier molecular flexibility index (Phi) is 5.60. The zero-order valence-corrected chi connectivity index (χ0v) is 18.0. The Labute approximate surface area is 183 Å². The van der Waals surface area contributed by atoms with Gasteiger partial charge in [-0.25, -0.2) is 4.79 Å². The number of thioether (sulfide) groups is 1. The summed E-state index contributed by atoms with van der Waals surface area (Å²) in [6.45, 7) is 4.17. The molecule has 0 bridgehead atoms. The maximum Gasteiger partial charge on any atom is 0.337 e. The van der Waals surface area contributed by atoms with Gasteiger partial charge in [0.05, 0.1) is 18.2 Å². The number of benzene rings is 1. The third-order valence-electron chi connectivity index (χ3n) is 4.58. The summed E-state index contributed by atoms with van der Waals surface area (Å²) in [5.41, 5.74) is 1.32. The molecule has 0 saturated heterocycles. The van der Waals surface area contributed by atoms with Crippen molar-refractivity contribution in [3.8, 4) is 11.3 Å². The highest BCUT2D eigenvalue weighted by atomic mass is 32.2. The molecule has 0 unspecified atom stereocenters. The summed E-state index contributed by atoms with van der Waals surface area (Å²) in [4.78, 5) is 28.2. The Morgan fingerprint density at radius 2 is 2.00 bits per heavy atom. The summed E-state index contributed by atoms with van der Waals surface area (Å²) < 4.78 is 10.5. The van der Waals surface area contributed by atoms with Crippen molar-refractivity contribution in [1.82, 2.24) is 5.01 Å². The minimum absolute atomic E-state index is 0.0263. The molecule has 2 aliphatic rings. The number of carbonyl (C=O) groups excluding carboxylic acids is 2. The lowest BCUT2D eigenvalue weighted by molar-refractivity contribution is -0.114. The maximum absolute atomic E-state index is 12.5. The van der Waals surface area contributed by atoms with Gasteiger partial charge in [0, 0.05) is 12.0 Å². The van der Waals surface area contributed by atoms with E-state index in [2.05, 4.69) is 23.9 Å². The van der Waals surface area contributed by atoms with Crippen molar-refractivity contribution in [3.63, 3.8) is 0 Å². The van der Waals surface area contributed by atoms with Gasteiger partial charge in [0.2, 0.25) is 5.17 Å². The molecular formula is C22H20N4O4S. The summed E-state index contributed by atoms with van der Waals surface area (Å²) in [5.74, 6) is 0.460. The van der Waals surface area contributed by atoms with Gasteiger partial charge < -0.3 is 9.15 Å². The van der Waals surface area contributed by atoms with Crippen LogP contribution in [-0.4, -0.2) is 40.0 Å². The van der Waals surface area contributed by atoms with Crippen molar-refractivity contribution in [2.45, 2.75) is 20.3 Å². The number of amides is 1. The summed E-state index contributed by atoms with van der Waals surface area (Å²) in [5, 5.41) is 15.5. The molecule has 3 heterocycles. The molecular weight excluding hydrogens is 416 g/mol. The van der Waals surface area contributed by atoms with Gasteiger partial charge in [0.15, 0.2) is 5.84 Å². The average molecular weight is 436 g/mol. The summed E-state index contributed by atoms with van der Waals surface area (Å²) in [6, 6.07) is 10.3. The van der Waals surface area contributed by atoms with Gasteiger partial charge in [-0.15, -0.1) is 0 Å². The number of fused-ring (bicyclic) bond motifs is 1. The first kappa shape index (κ1) is 20.8. The Hall–Kier alpha value is -3.46. The van der Waals surface area contributed by atoms with Crippen molar-refractivity contribution < 1.29 is 18.7 Å². The number of carbonyl (C=O) groups is 2. The number of hydrazone groups is 1. The minimum atomic E-state index is -0.495. The fraction of sp³-hybridized carbons (Fsp3) is 0.227. The van der Waals surface area contributed by atoms with E-state index < -0.39 is 11.9 Å². The van der Waals surface area contributed by atoms with Crippen molar-refractivity contribution in [3.05, 3.63) is 53.3 Å². The van der Waals surface area contributed by atoms with Gasteiger partial charge in [-0.3, -0.25) is 10.2 Å². The number of esters is 1. The lowest BCUT2D eigenvalue weighted by Gasteiger charge is -2.19. The van der Waals surface area contributed by atoms with E-state index in [1.807, 2.05) is 0 Å². The molecule has 0 radical (unpaired) electrons. The van der Waals surface area contributed by atoms with Gasteiger partial charge in [-0.05, 0) is 48.0 Å². The van der Waals surface area contributed by atoms with Crippen molar-refractivity contribution in [1.29, 1.82) is 5.41 Å². The number of nitrogens with one attached hydrogen (secondary N) is 1. The van der Waals surface area contributed by atoms with E-state index in [9.17, 15) is 9.59 Å². The number of hydrogen-bond acceptors (Lipinski definition) is 7. The predicted octanol–water partition coefficient (Wildman–Crippen LogP) is 4.40. The molecule has 1 amide bonds. The highest BCUT2D eigenvalue weighted by Crippen LogP contribution is 2.31. The Morgan fingerprint density at radius 1 is 1.26 bits per heavy atom. The number of aliphatic imine (C=N–C) groups is 1. The van der Waals surface area contributed by atoms with Gasteiger partial charge >= 0.3 is 5.97 Å². The number of nitrogens with zero attached hydrogens (tertiary/aromatic N) is 3. The topological polar surface area (TPSA) is 108 Å². The smallest absolute Gasteiger partial charge is 0.337 e. The predicted molar refractivity (Wildman–Crippen MR) is 120 cm³/mol. The zero-order chi connectivity index (χ0) is 22.1. The zero-order valence-electron chi connectivity index (χ0n) is 17.2. The second-order valence-corrected chi connectivity index (χ2v) is 8.42. The Bertz CT molecular complexity index is 1160. The Balaban J connectivity index is 1.57. The standard InChI is InChI=1S/C22H20N4O4S/c1-12(2)10-18-25-26-19(23)16(20(27)24-22(26)31-18)11-15-8-9-17(30-15)13-4-6-14(7-5-13)21(28)29-3/h4-9,11-12,23H,10H2,1-3H3/b16-11-,23-19?. The molecule has 0 saturated carbocycles. The second kappa shape index (κ2) is 8.35. The van der Waals surface area contributed by atoms with Crippen LogP contribution in [0.5, 0.6) is 0 Å². The van der Waals surface area contributed by atoms with Crippen molar-refractivity contribution in [2.75, 3.05) is 7.11 Å². The number of amidine groups is 2. The first-order valence-electron chi connectivity index (χ1n) is 9.63. The van der Waals surface area contributed by atoms with Gasteiger partial charge in [-0.2, -0.15) is 15.1 Å². The van der Waals surface area contributed by atoms with E-state index in [-0.39, 0.29) is 11.4 Å². The minimum Gasteiger partial charge on any atom is -0.465 e. The average Bonchev–Trinajstić information content (AvgIpc) is 3.37. The fourth-order valence-corrected chi connectivity index (χ4v) is 4.18. The van der Waals surface area contributed by atoms with Crippen LogP contribution in [0.15, 0.2) is 56.5 Å². The van der Waals surface area contributed by atoms with Crippen molar-refractivity contribution >= 4 is 45.8 Å². The van der Waals surface area contributed by atoms with E-state index in [0.29, 0.717) is 28.2 Å². The molecule has 1 aromatic carbocycles. The first-order chi connectivity index (χ1) is 14.9. The van der Waals surface area contributed by atoms with Crippen LogP contribution in [0.4, 0.5) is 0 Å². The van der Waals surface area contributed by atoms with Gasteiger partial charge in [0.25, 0.3) is 5.91 Å². The van der Waals surface area contributed by atoms with Crippen LogP contribution in [-0.2, 0) is 9.53 Å². The van der Waals surface area contributed by atoms with E-state index in [1.165, 1.54) is 30.0 Å². The van der Waals surface area contributed by atoms with Crippen LogP contribution in [0.2, 0.25) is 0 Å². The SMILES string of the molecule is COC(=O)c1ccc(-c2ccc(/C=C3/C(=N)N4N=C(CC(C)C)SC4=NC3=O)o2)cc1. The van der Waals surface area contributed by atoms with Crippen LogP contribution in [0.1, 0.15) is 36.4 Å². The largest absolute Gasteiger partial charge is 0.465 e. The molecule has 8 nitrogen and oxygen atoms in total. The summed E-state index contributed by atoms with van der Waals surface area (Å²) in [6.07, 6.45) is 2.26. The van der Waals surface area contributed by atoms with Crippen LogP contribution >= 0.6 is 11.8 Å². The fourth-order valence-electron chi connectivity index (χ4n) is 3.08. The van der Waals surface area contributed by atoms with Crippen LogP contribution in [0, 0.1) is 11.3 Å². The Morgan fingerprint density at radius 3 is 2.68 bits per heavy atom. The maximum atomic E-state index is 12.5. The van der Waals surface area contributed by atoms with E-state index in [4.69, 9.17) is 14.6 Å². The number of rotatable bonds is 5. The molecule has 4 rings (SSSR count). The molecule has 1 aromatic heterocycles. The third kappa shape index (κ3) is 4.22. The number of ether oxygens (including phenoxy) is 1. The normalized spacial score (nSPS) is 17.2. The molecule has 2 aliphatic heterocycles. The van der Waals surface area contributed by atoms with Gasteiger partial charge in [0.1, 0.15) is 16.6 Å². The van der Waals surface area contributed by atoms with E-state index in [1.54, 1.807) is 36.4 Å². The van der Waals surface area contributed by atoms with Gasteiger partial charge in [-0.1, -0.05) is 26.0 Å². The lowest BCUT2D eigenvalue weighted by atomic mass is 10.1. The lowest BCUT2D eigenvalue weighted by Crippen LogP contribution is -2.35. The van der Waals surface area contributed by atoms with Crippen LogP contribution in [0.3, 0.4) is 0 Å². The molecule has 1 N–H and O–H groups in total. The molecule has 9 heteroatoms. The van der Waals surface area contributed by atoms with E-state index >= 15 is 0 Å². The highest BCUT2D eigenvalue weighted by molar-refractivity contribution is 8.26. The number of furan rings is 1. The molecule has 0 spiro atoms. The second-order valence-electron chi connectivity index (χ2n) is 7.38. The highest BCUT2D eigenvalue weighted by Gasteiger charge is 2.35. The summed E-state index contributed by atoms with van der Waals surface area (Å²) in [7, 11) is 1.33. The number of methoxy groups -OCH3 is 1. The number of hydrogen-bond donors (Lipinski definition) is 1. The molecule has 31 heavy (non-hydrogen) atoms. The molecule has 2 aromatic rings. The molecule has 158 valence electrons. The third-order valence-corrected chi connectivity index (χ3v) is 5.51. The molecule has 0 atom stereocenters. The molecule has 0 fully saturated rings. The molecule has 0 aliphatic carbocycles. The first-order valence-corrected chi connectivity index (χ1v) is 10.4. The van der Waals surface area contributed by atoms with Crippen LogP contribution in [0.25, 0.3) is 17.4 Å².